The summed E-state index contributed by atoms with van der Waals surface area (Å²) in [5, 5.41) is 11.9. The normalized spacial score (nSPS) is 17.8. The van der Waals surface area contributed by atoms with E-state index in [0.29, 0.717) is 29.3 Å². The second-order valence-electron chi connectivity index (χ2n) is 6.18. The first-order valence-corrected chi connectivity index (χ1v) is 8.60. The van der Waals surface area contributed by atoms with E-state index in [1.807, 2.05) is 42.2 Å². The standard InChI is InChI=1S/C18H18ClN5O/c1-11-14-8-12(9-21-17(14)23-22-11)18(25)24-7-6-20-10-16(24)13-4-2-3-5-15(13)19/h2-5,8-9,16,20H,6-7,10H2,1H3,(H,21,22,23). The summed E-state index contributed by atoms with van der Waals surface area (Å²) in [7, 11) is 0. The fourth-order valence-corrected chi connectivity index (χ4v) is 3.53. The van der Waals surface area contributed by atoms with Gasteiger partial charge in [0.25, 0.3) is 5.91 Å². The highest BCUT2D eigenvalue weighted by atomic mass is 35.5. The lowest BCUT2D eigenvalue weighted by Crippen LogP contribution is -2.48. The molecule has 1 amide bonds. The molecule has 3 heterocycles. The number of amides is 1. The number of pyridine rings is 1. The van der Waals surface area contributed by atoms with Gasteiger partial charge in [-0.05, 0) is 24.6 Å². The molecule has 1 atom stereocenters. The lowest BCUT2D eigenvalue weighted by atomic mass is 10.0. The lowest BCUT2D eigenvalue weighted by Gasteiger charge is -2.37. The van der Waals surface area contributed by atoms with Crippen LogP contribution in [0.1, 0.15) is 27.7 Å². The zero-order valence-corrected chi connectivity index (χ0v) is 14.5. The summed E-state index contributed by atoms with van der Waals surface area (Å²) in [5.74, 6) is -0.0404. The molecule has 1 aliphatic rings. The van der Waals surface area contributed by atoms with E-state index in [2.05, 4.69) is 20.5 Å². The van der Waals surface area contributed by atoms with Gasteiger partial charge in [-0.3, -0.25) is 9.89 Å². The van der Waals surface area contributed by atoms with E-state index in [0.717, 1.165) is 23.2 Å². The smallest absolute Gasteiger partial charge is 0.256 e. The molecule has 4 rings (SSSR count). The van der Waals surface area contributed by atoms with E-state index in [1.54, 1.807) is 6.20 Å². The van der Waals surface area contributed by atoms with Crippen molar-refractivity contribution in [3.8, 4) is 0 Å². The molecule has 3 aromatic rings. The highest BCUT2D eigenvalue weighted by molar-refractivity contribution is 6.31. The van der Waals surface area contributed by atoms with Crippen molar-refractivity contribution in [2.24, 2.45) is 0 Å². The summed E-state index contributed by atoms with van der Waals surface area (Å²) >= 11 is 6.37. The van der Waals surface area contributed by atoms with Crippen LogP contribution in [0.4, 0.5) is 0 Å². The van der Waals surface area contributed by atoms with Crippen LogP contribution in [0.25, 0.3) is 11.0 Å². The molecule has 1 aliphatic heterocycles. The summed E-state index contributed by atoms with van der Waals surface area (Å²) in [6.45, 7) is 3.97. The van der Waals surface area contributed by atoms with E-state index < -0.39 is 0 Å². The second-order valence-corrected chi connectivity index (χ2v) is 6.59. The molecule has 1 fully saturated rings. The number of hydrogen-bond acceptors (Lipinski definition) is 4. The minimum Gasteiger partial charge on any atom is -0.329 e. The SMILES string of the molecule is Cc1[nH]nc2ncc(C(=O)N3CCNCC3c3ccccc3Cl)cc12. The van der Waals surface area contributed by atoms with Gasteiger partial charge in [-0.25, -0.2) is 4.98 Å². The summed E-state index contributed by atoms with van der Waals surface area (Å²) in [4.78, 5) is 19.3. The largest absolute Gasteiger partial charge is 0.329 e. The van der Waals surface area contributed by atoms with Gasteiger partial charge < -0.3 is 10.2 Å². The number of carbonyl (C=O) groups is 1. The van der Waals surface area contributed by atoms with Crippen molar-refractivity contribution in [3.05, 3.63) is 58.4 Å². The second kappa shape index (κ2) is 6.46. The average Bonchev–Trinajstić information content (AvgIpc) is 3.02. The molecule has 1 aromatic carbocycles. The van der Waals surface area contributed by atoms with Gasteiger partial charge in [0, 0.05) is 41.9 Å². The van der Waals surface area contributed by atoms with E-state index in [4.69, 9.17) is 11.6 Å². The number of aromatic nitrogens is 3. The number of rotatable bonds is 2. The minimum absolute atomic E-state index is 0.0404. The van der Waals surface area contributed by atoms with Crippen LogP contribution in [0.15, 0.2) is 36.5 Å². The molecule has 6 nitrogen and oxygen atoms in total. The van der Waals surface area contributed by atoms with Gasteiger partial charge in [-0.1, -0.05) is 29.8 Å². The van der Waals surface area contributed by atoms with Crippen LogP contribution in [-0.2, 0) is 0 Å². The maximum atomic E-state index is 13.2. The quantitative estimate of drug-likeness (QED) is 0.741. The topological polar surface area (TPSA) is 73.9 Å². The van der Waals surface area contributed by atoms with E-state index in [1.165, 1.54) is 0 Å². The molecule has 128 valence electrons. The molecule has 0 saturated carbocycles. The van der Waals surface area contributed by atoms with Crippen molar-refractivity contribution in [1.82, 2.24) is 25.4 Å². The lowest BCUT2D eigenvalue weighted by molar-refractivity contribution is 0.0634. The Labute approximate surface area is 150 Å². The van der Waals surface area contributed by atoms with Crippen LogP contribution >= 0.6 is 11.6 Å². The number of benzene rings is 1. The molecular weight excluding hydrogens is 338 g/mol. The van der Waals surface area contributed by atoms with Gasteiger partial charge in [-0.2, -0.15) is 5.10 Å². The van der Waals surface area contributed by atoms with E-state index in [9.17, 15) is 4.79 Å². The minimum atomic E-state index is -0.101. The van der Waals surface area contributed by atoms with Gasteiger partial charge in [0.05, 0.1) is 11.6 Å². The van der Waals surface area contributed by atoms with Crippen LogP contribution in [-0.4, -0.2) is 45.6 Å². The molecule has 0 bridgehead atoms. The fourth-order valence-electron chi connectivity index (χ4n) is 3.27. The highest BCUT2D eigenvalue weighted by Crippen LogP contribution is 2.30. The first-order chi connectivity index (χ1) is 12.1. The van der Waals surface area contributed by atoms with Gasteiger partial charge in [0.1, 0.15) is 0 Å². The monoisotopic (exact) mass is 355 g/mol. The van der Waals surface area contributed by atoms with Crippen molar-refractivity contribution in [2.45, 2.75) is 13.0 Å². The van der Waals surface area contributed by atoms with Crippen LogP contribution in [0.5, 0.6) is 0 Å². The number of fused-ring (bicyclic) bond motifs is 1. The number of aryl methyl sites for hydroxylation is 1. The van der Waals surface area contributed by atoms with Crippen LogP contribution in [0.2, 0.25) is 5.02 Å². The molecule has 2 aromatic heterocycles. The molecule has 0 spiro atoms. The van der Waals surface area contributed by atoms with Crippen molar-refractivity contribution in [1.29, 1.82) is 0 Å². The van der Waals surface area contributed by atoms with Crippen LogP contribution in [0.3, 0.4) is 0 Å². The average molecular weight is 356 g/mol. The maximum absolute atomic E-state index is 13.2. The Morgan fingerprint density at radius 1 is 1.36 bits per heavy atom. The number of nitrogens with one attached hydrogen (secondary N) is 2. The number of H-pyrrole nitrogens is 1. The first-order valence-electron chi connectivity index (χ1n) is 8.22. The zero-order valence-electron chi connectivity index (χ0n) is 13.8. The number of carbonyl (C=O) groups excluding carboxylic acids is 1. The summed E-state index contributed by atoms with van der Waals surface area (Å²) in [5.41, 5.74) is 3.05. The molecule has 1 unspecified atom stereocenters. The third-order valence-electron chi connectivity index (χ3n) is 4.62. The Hall–Kier alpha value is -2.44. The molecule has 25 heavy (non-hydrogen) atoms. The highest BCUT2D eigenvalue weighted by Gasteiger charge is 2.30. The summed E-state index contributed by atoms with van der Waals surface area (Å²) in [6.07, 6.45) is 1.59. The molecule has 1 saturated heterocycles. The van der Waals surface area contributed by atoms with Crippen LogP contribution < -0.4 is 5.32 Å². The molecule has 2 N–H and O–H groups in total. The summed E-state index contributed by atoms with van der Waals surface area (Å²) in [6, 6.07) is 9.43. The Bertz CT molecular complexity index is 938. The Morgan fingerprint density at radius 2 is 2.20 bits per heavy atom. The Kier molecular flexibility index (Phi) is 4.15. The molecule has 0 radical (unpaired) electrons. The van der Waals surface area contributed by atoms with Gasteiger partial charge in [0.2, 0.25) is 0 Å². The molecular formula is C18H18ClN5O. The predicted octanol–water partition coefficient (Wildman–Crippen LogP) is 2.71. The predicted molar refractivity (Wildman–Crippen MR) is 96.7 cm³/mol. The van der Waals surface area contributed by atoms with E-state index in [-0.39, 0.29) is 11.9 Å². The number of hydrogen-bond donors (Lipinski definition) is 2. The van der Waals surface area contributed by atoms with Gasteiger partial charge >= 0.3 is 0 Å². The first kappa shape index (κ1) is 16.1. The molecule has 7 heteroatoms. The maximum Gasteiger partial charge on any atom is 0.256 e. The number of aromatic amines is 1. The fraction of sp³-hybridized carbons (Fsp3) is 0.278. The van der Waals surface area contributed by atoms with Crippen molar-refractivity contribution < 1.29 is 4.79 Å². The van der Waals surface area contributed by atoms with Crippen molar-refractivity contribution in [3.63, 3.8) is 0 Å². The van der Waals surface area contributed by atoms with Crippen molar-refractivity contribution >= 4 is 28.5 Å². The van der Waals surface area contributed by atoms with E-state index >= 15 is 0 Å². The zero-order chi connectivity index (χ0) is 17.4. The van der Waals surface area contributed by atoms with Gasteiger partial charge in [0.15, 0.2) is 5.65 Å². The van der Waals surface area contributed by atoms with Gasteiger partial charge in [-0.15, -0.1) is 0 Å². The number of piperazine rings is 1. The van der Waals surface area contributed by atoms with Crippen LogP contribution in [0, 0.1) is 6.92 Å². The third kappa shape index (κ3) is 2.88. The van der Waals surface area contributed by atoms with Crippen molar-refractivity contribution in [2.75, 3.05) is 19.6 Å². The number of nitrogens with zero attached hydrogens (tertiary/aromatic N) is 3. The Balaban J connectivity index is 1.70. The number of halogens is 1. The third-order valence-corrected chi connectivity index (χ3v) is 4.96. The summed E-state index contributed by atoms with van der Waals surface area (Å²) < 4.78 is 0. The molecule has 0 aliphatic carbocycles. The Morgan fingerprint density at radius 3 is 3.04 bits per heavy atom.